The molecule has 0 radical (unpaired) electrons. The number of ether oxygens (including phenoxy) is 1. The van der Waals surface area contributed by atoms with Crippen molar-refractivity contribution < 1.29 is 31.5 Å². The van der Waals surface area contributed by atoms with Gasteiger partial charge in [0.05, 0.1) is 30.1 Å². The highest BCUT2D eigenvalue weighted by molar-refractivity contribution is 6.10. The van der Waals surface area contributed by atoms with E-state index in [0.717, 1.165) is 38.1 Å². The number of allylic oxidation sites excluding steroid dienone is 2. The molecule has 54 heavy (non-hydrogen) atoms. The average molecular weight is 754 g/mol. The molecule has 2 aliphatic heterocycles. The summed E-state index contributed by atoms with van der Waals surface area (Å²) < 4.78 is 78.3. The van der Waals surface area contributed by atoms with E-state index >= 15 is 8.78 Å². The number of benzene rings is 2. The number of piperidine rings is 2. The number of nitrogens with one attached hydrogen (secondary N) is 3. The minimum atomic E-state index is -4.85. The van der Waals surface area contributed by atoms with Gasteiger partial charge in [0, 0.05) is 42.6 Å². The van der Waals surface area contributed by atoms with Crippen LogP contribution >= 0.6 is 0 Å². The Balaban J connectivity index is 1.20. The van der Waals surface area contributed by atoms with Crippen molar-refractivity contribution in [1.29, 1.82) is 10.8 Å². The Morgan fingerprint density at radius 1 is 1.00 bits per heavy atom. The van der Waals surface area contributed by atoms with E-state index in [1.165, 1.54) is 37.1 Å². The summed E-state index contributed by atoms with van der Waals surface area (Å²) in [5.74, 6) is -1.88. The summed E-state index contributed by atoms with van der Waals surface area (Å²) in [6.07, 6.45) is 2.59. The SMILES string of the molecule is CC(C)C(=N)/C=C\C(=N)c1ccc(Oc2cc(C(=O)NC3CCN(C4CCN(C5CC5)CC4)CC3F)c(F)cc2Cn2cc(C(F)(F)F)ncc2=O)cc1. The van der Waals surface area contributed by atoms with Crippen molar-refractivity contribution >= 4 is 17.3 Å². The standard InChI is InChI=1S/C39H44F5N7O3/c1-23(2)32(45)9-10-33(46)24-3-7-28(8-4-24)54-35-18-29(30(40)17-25(35)20-51-22-36(39(42,43)44)47-19-37(51)52)38(53)48-34-13-16-50(21-31(34)41)27-11-14-49(15-12-27)26-5-6-26/h3-4,7-10,17-19,22-23,26-27,31,34,45-46H,5-6,11-16,20-21H2,1-2H3,(H,48,53)/b10-9-,45-32?,46-33?. The third kappa shape index (κ3) is 9.48. The van der Waals surface area contributed by atoms with Crippen molar-refractivity contribution in [3.05, 3.63) is 99.5 Å². The zero-order valence-electron chi connectivity index (χ0n) is 30.1. The van der Waals surface area contributed by atoms with Crippen LogP contribution in [0, 0.1) is 22.6 Å². The number of rotatable bonds is 12. The van der Waals surface area contributed by atoms with Crippen LogP contribution in [0.4, 0.5) is 22.0 Å². The number of halogens is 5. The third-order valence-corrected chi connectivity index (χ3v) is 10.3. The van der Waals surface area contributed by atoms with Gasteiger partial charge in [-0.15, -0.1) is 0 Å². The van der Waals surface area contributed by atoms with Gasteiger partial charge in [0.2, 0.25) is 0 Å². The van der Waals surface area contributed by atoms with E-state index in [-0.39, 0.29) is 41.3 Å². The fraction of sp³-hybridized carbons (Fsp3) is 0.462. The Labute approximate surface area is 310 Å². The van der Waals surface area contributed by atoms with Crippen molar-refractivity contribution in [3.8, 4) is 11.5 Å². The van der Waals surface area contributed by atoms with E-state index in [2.05, 4.69) is 20.1 Å². The number of likely N-dealkylation sites (tertiary alicyclic amines) is 2. The summed E-state index contributed by atoms with van der Waals surface area (Å²) in [6.45, 7) is 5.90. The van der Waals surface area contributed by atoms with E-state index in [1.54, 1.807) is 12.1 Å². The summed E-state index contributed by atoms with van der Waals surface area (Å²) in [4.78, 5) is 33.9. The molecule has 3 aromatic rings. The summed E-state index contributed by atoms with van der Waals surface area (Å²) in [7, 11) is 0. The van der Waals surface area contributed by atoms with Crippen molar-refractivity contribution in [2.75, 3.05) is 26.2 Å². The van der Waals surface area contributed by atoms with Gasteiger partial charge in [-0.05, 0) is 105 Å². The molecule has 288 valence electrons. The topological polar surface area (TPSA) is 127 Å². The lowest BCUT2D eigenvalue weighted by Crippen LogP contribution is -2.56. The van der Waals surface area contributed by atoms with Gasteiger partial charge in [-0.3, -0.25) is 14.5 Å². The minimum absolute atomic E-state index is 0.0131. The molecule has 1 aromatic heterocycles. The summed E-state index contributed by atoms with van der Waals surface area (Å²) in [6, 6.07) is 8.27. The second-order valence-corrected chi connectivity index (χ2v) is 14.5. The van der Waals surface area contributed by atoms with E-state index in [9.17, 15) is 22.8 Å². The number of hydrogen-bond donors (Lipinski definition) is 3. The van der Waals surface area contributed by atoms with Gasteiger partial charge in [-0.2, -0.15) is 13.2 Å². The molecule has 3 fully saturated rings. The maximum atomic E-state index is 15.7. The number of hydrogen-bond acceptors (Lipinski definition) is 8. The fourth-order valence-electron chi connectivity index (χ4n) is 6.90. The summed E-state index contributed by atoms with van der Waals surface area (Å²) >= 11 is 0. The van der Waals surface area contributed by atoms with Crippen molar-refractivity contribution in [2.45, 2.75) is 83.0 Å². The number of carbonyl (C=O) groups is 1. The second-order valence-electron chi connectivity index (χ2n) is 14.5. The van der Waals surface area contributed by atoms with E-state index < -0.39 is 53.5 Å². The van der Waals surface area contributed by atoms with E-state index in [4.69, 9.17) is 15.6 Å². The van der Waals surface area contributed by atoms with Crippen molar-refractivity contribution in [1.82, 2.24) is 24.7 Å². The molecular weight excluding hydrogens is 709 g/mol. The average Bonchev–Trinajstić information content (AvgIpc) is 3.99. The van der Waals surface area contributed by atoms with Crippen molar-refractivity contribution in [3.63, 3.8) is 0 Å². The molecule has 1 saturated carbocycles. The fourth-order valence-corrected chi connectivity index (χ4v) is 6.90. The van der Waals surface area contributed by atoms with Crippen molar-refractivity contribution in [2.24, 2.45) is 5.92 Å². The van der Waals surface area contributed by atoms with E-state index in [1.807, 2.05) is 13.8 Å². The quantitative estimate of drug-likeness (QED) is 0.141. The predicted molar refractivity (Wildman–Crippen MR) is 194 cm³/mol. The van der Waals surface area contributed by atoms with Crippen LogP contribution in [-0.4, -0.2) is 87.2 Å². The smallest absolute Gasteiger partial charge is 0.434 e. The molecule has 6 rings (SSSR count). The summed E-state index contributed by atoms with van der Waals surface area (Å²) in [5.41, 5.74) is -1.76. The molecule has 2 saturated heterocycles. The summed E-state index contributed by atoms with van der Waals surface area (Å²) in [5, 5.41) is 18.9. The van der Waals surface area contributed by atoms with Gasteiger partial charge >= 0.3 is 6.18 Å². The van der Waals surface area contributed by atoms with Crippen LogP contribution in [0.2, 0.25) is 0 Å². The number of nitrogens with zero attached hydrogens (tertiary/aromatic N) is 4. The monoisotopic (exact) mass is 753 g/mol. The first-order chi connectivity index (χ1) is 25.7. The van der Waals surface area contributed by atoms with Gasteiger partial charge in [0.25, 0.3) is 11.5 Å². The number of alkyl halides is 4. The van der Waals surface area contributed by atoms with Crippen LogP contribution in [0.5, 0.6) is 11.5 Å². The predicted octanol–water partition coefficient (Wildman–Crippen LogP) is 6.61. The number of aromatic nitrogens is 2. The van der Waals surface area contributed by atoms with E-state index in [0.29, 0.717) is 47.2 Å². The highest BCUT2D eigenvalue weighted by atomic mass is 19.4. The molecular formula is C39H44F5N7O3. The highest BCUT2D eigenvalue weighted by Gasteiger charge is 2.38. The lowest BCUT2D eigenvalue weighted by atomic mass is 9.96. The maximum Gasteiger partial charge on any atom is 0.434 e. The van der Waals surface area contributed by atoms with Gasteiger partial charge in [-0.25, -0.2) is 13.8 Å². The zero-order valence-corrected chi connectivity index (χ0v) is 30.1. The maximum absolute atomic E-state index is 15.7. The molecule has 1 aliphatic carbocycles. The van der Waals surface area contributed by atoms with Crippen LogP contribution in [0.25, 0.3) is 0 Å². The molecule has 3 aliphatic rings. The van der Waals surface area contributed by atoms with Crippen LogP contribution in [0.1, 0.15) is 73.1 Å². The Morgan fingerprint density at radius 3 is 2.30 bits per heavy atom. The lowest BCUT2D eigenvalue weighted by Gasteiger charge is -2.43. The zero-order chi connectivity index (χ0) is 38.7. The van der Waals surface area contributed by atoms with Crippen LogP contribution < -0.4 is 15.6 Å². The Bertz CT molecular complexity index is 1950. The number of amides is 1. The van der Waals surface area contributed by atoms with Crippen LogP contribution in [0.3, 0.4) is 0 Å². The largest absolute Gasteiger partial charge is 0.457 e. The Hall–Kier alpha value is -4.76. The van der Waals surface area contributed by atoms with Gasteiger partial charge in [-0.1, -0.05) is 13.8 Å². The van der Waals surface area contributed by atoms with Gasteiger partial charge in [0.15, 0.2) is 5.69 Å². The highest BCUT2D eigenvalue weighted by Crippen LogP contribution is 2.33. The lowest BCUT2D eigenvalue weighted by molar-refractivity contribution is -0.141. The first kappa shape index (κ1) is 38.9. The Kier molecular flexibility index (Phi) is 11.8. The van der Waals surface area contributed by atoms with Gasteiger partial charge < -0.3 is 30.3 Å². The molecule has 0 bridgehead atoms. The normalized spacial score (nSPS) is 20.4. The molecule has 2 atom stereocenters. The molecule has 3 heterocycles. The van der Waals surface area contributed by atoms with Crippen LogP contribution in [0.15, 0.2) is 65.7 Å². The molecule has 1 amide bonds. The molecule has 0 spiro atoms. The van der Waals surface area contributed by atoms with Gasteiger partial charge in [0.1, 0.15) is 23.5 Å². The molecule has 2 aromatic carbocycles. The molecule has 3 N–H and O–H groups in total. The molecule has 10 nitrogen and oxygen atoms in total. The number of carbonyl (C=O) groups excluding carboxylic acids is 1. The van der Waals surface area contributed by atoms with Crippen LogP contribution in [-0.2, 0) is 12.7 Å². The Morgan fingerprint density at radius 2 is 1.67 bits per heavy atom. The third-order valence-electron chi connectivity index (χ3n) is 10.3. The minimum Gasteiger partial charge on any atom is -0.457 e. The molecule has 2 unspecified atom stereocenters. The molecule has 15 heteroatoms. The first-order valence-electron chi connectivity index (χ1n) is 18.2. The second kappa shape index (κ2) is 16.3. The first-order valence-corrected chi connectivity index (χ1v) is 18.2.